The summed E-state index contributed by atoms with van der Waals surface area (Å²) in [4.78, 5) is 36.9. The van der Waals surface area contributed by atoms with Crippen LogP contribution in [0.5, 0.6) is 0 Å². The fourth-order valence-corrected chi connectivity index (χ4v) is 4.92. The lowest BCUT2D eigenvalue weighted by atomic mass is 9.93. The lowest BCUT2D eigenvalue weighted by Gasteiger charge is -2.36. The number of nitrogens with zero attached hydrogens (tertiary/aromatic N) is 5. The highest BCUT2D eigenvalue weighted by Crippen LogP contribution is 2.27. The number of piperazine rings is 1. The van der Waals surface area contributed by atoms with Gasteiger partial charge in [0.2, 0.25) is 5.91 Å². The molecule has 4 heterocycles. The molecule has 0 aliphatic carbocycles. The minimum absolute atomic E-state index is 0.108. The Hall–Kier alpha value is -1.73. The smallest absolute Gasteiger partial charge is 0.253 e. The van der Waals surface area contributed by atoms with E-state index in [1.807, 2.05) is 9.47 Å². The van der Waals surface area contributed by atoms with Crippen LogP contribution in [0.25, 0.3) is 0 Å². The molecule has 0 saturated carbocycles. The number of fused-ring (bicyclic) bond motifs is 1. The van der Waals surface area contributed by atoms with Gasteiger partial charge in [-0.1, -0.05) is 13.3 Å². The first kappa shape index (κ1) is 20.5. The average Bonchev–Trinajstić information content (AvgIpc) is 3.00. The fraction of sp³-hybridized carbons (Fsp3) is 0.773. The third-order valence-electron chi connectivity index (χ3n) is 6.93. The highest BCUT2D eigenvalue weighted by molar-refractivity contribution is 5.78. The Balaban J connectivity index is 1.31. The van der Waals surface area contributed by atoms with Crippen LogP contribution in [0.1, 0.15) is 56.5 Å². The van der Waals surface area contributed by atoms with Crippen LogP contribution < -0.4 is 5.56 Å². The van der Waals surface area contributed by atoms with Crippen LogP contribution in [0, 0.1) is 0 Å². The van der Waals surface area contributed by atoms with Gasteiger partial charge in [0.25, 0.3) is 5.56 Å². The lowest BCUT2D eigenvalue weighted by molar-refractivity contribution is -0.133. The minimum Gasteiger partial charge on any atom is -0.342 e. The van der Waals surface area contributed by atoms with E-state index in [1.54, 1.807) is 6.07 Å². The number of aromatic nitrogens is 2. The van der Waals surface area contributed by atoms with Crippen molar-refractivity contribution in [2.24, 2.45) is 0 Å². The summed E-state index contributed by atoms with van der Waals surface area (Å²) < 4.78 is 1.87. The Morgan fingerprint density at radius 3 is 2.45 bits per heavy atom. The molecule has 0 aromatic carbocycles. The van der Waals surface area contributed by atoms with Crippen molar-refractivity contribution >= 4 is 5.91 Å². The van der Waals surface area contributed by atoms with Gasteiger partial charge in [0.15, 0.2) is 0 Å². The van der Waals surface area contributed by atoms with Gasteiger partial charge in [-0.3, -0.25) is 19.1 Å². The molecule has 7 heteroatoms. The quantitative estimate of drug-likeness (QED) is 0.761. The number of likely N-dealkylation sites (N-methyl/N-ethyl adjacent to an activating group) is 1. The number of amides is 1. The number of hydrogen-bond donors (Lipinski definition) is 0. The normalized spacial score (nSPS) is 22.3. The number of carbonyl (C=O) groups excluding carboxylic acids is 1. The van der Waals surface area contributed by atoms with Gasteiger partial charge in [0.05, 0.1) is 12.2 Å². The first-order chi connectivity index (χ1) is 14.1. The Kier molecular flexibility index (Phi) is 6.65. The molecule has 2 saturated heterocycles. The molecule has 3 aliphatic rings. The molecule has 0 atom stereocenters. The average molecular weight is 402 g/mol. The van der Waals surface area contributed by atoms with E-state index in [4.69, 9.17) is 4.98 Å². The zero-order chi connectivity index (χ0) is 20.2. The third-order valence-corrected chi connectivity index (χ3v) is 6.93. The Morgan fingerprint density at radius 1 is 1.00 bits per heavy atom. The molecule has 1 aromatic rings. The molecule has 0 radical (unpaired) electrons. The van der Waals surface area contributed by atoms with Crippen molar-refractivity contribution < 1.29 is 4.79 Å². The van der Waals surface area contributed by atoms with Gasteiger partial charge in [-0.2, -0.15) is 0 Å². The first-order valence-electron chi connectivity index (χ1n) is 11.5. The van der Waals surface area contributed by atoms with Crippen molar-refractivity contribution in [2.75, 3.05) is 52.4 Å². The largest absolute Gasteiger partial charge is 0.342 e. The van der Waals surface area contributed by atoms with E-state index >= 15 is 0 Å². The summed E-state index contributed by atoms with van der Waals surface area (Å²) in [6.45, 7) is 10.3. The monoisotopic (exact) mass is 401 g/mol. The first-order valence-corrected chi connectivity index (χ1v) is 11.5. The predicted octanol–water partition coefficient (Wildman–Crippen LogP) is 1.31. The van der Waals surface area contributed by atoms with Crippen molar-refractivity contribution in [3.8, 4) is 0 Å². The molecule has 4 rings (SSSR count). The number of piperidine rings is 1. The maximum atomic E-state index is 12.7. The van der Waals surface area contributed by atoms with Crippen LogP contribution in [-0.4, -0.2) is 82.5 Å². The molecule has 29 heavy (non-hydrogen) atoms. The van der Waals surface area contributed by atoms with Crippen molar-refractivity contribution in [1.29, 1.82) is 0 Å². The molecule has 7 nitrogen and oxygen atoms in total. The topological polar surface area (TPSA) is 61.7 Å². The van der Waals surface area contributed by atoms with Gasteiger partial charge in [0.1, 0.15) is 5.82 Å². The molecule has 1 amide bonds. The van der Waals surface area contributed by atoms with Gasteiger partial charge in [-0.25, -0.2) is 4.98 Å². The van der Waals surface area contributed by atoms with E-state index < -0.39 is 0 Å². The van der Waals surface area contributed by atoms with Crippen LogP contribution >= 0.6 is 0 Å². The van der Waals surface area contributed by atoms with Crippen molar-refractivity contribution in [3.05, 3.63) is 27.9 Å². The van der Waals surface area contributed by atoms with Gasteiger partial charge in [-0.05, 0) is 32.2 Å². The second-order valence-electron chi connectivity index (χ2n) is 8.76. The molecule has 0 spiro atoms. The van der Waals surface area contributed by atoms with Crippen LogP contribution in [0.4, 0.5) is 0 Å². The van der Waals surface area contributed by atoms with Gasteiger partial charge < -0.3 is 9.80 Å². The van der Waals surface area contributed by atoms with Gasteiger partial charge >= 0.3 is 0 Å². The standard InChI is InChI=1S/C22H35N5O2/c1-2-24-12-14-25(15-13-24)17-22(29)26-10-7-18(8-11-26)19-16-21(28)27-9-5-3-4-6-20(27)23-19/h16,18H,2-15,17H2,1H3. The zero-order valence-electron chi connectivity index (χ0n) is 17.8. The van der Waals surface area contributed by atoms with Crippen LogP contribution in [0.2, 0.25) is 0 Å². The molecule has 0 unspecified atom stereocenters. The molecular formula is C22H35N5O2. The molecule has 3 aliphatic heterocycles. The maximum absolute atomic E-state index is 12.7. The molecule has 0 bridgehead atoms. The predicted molar refractivity (Wildman–Crippen MR) is 113 cm³/mol. The van der Waals surface area contributed by atoms with Crippen LogP contribution in [-0.2, 0) is 17.8 Å². The minimum atomic E-state index is 0.108. The van der Waals surface area contributed by atoms with E-state index in [-0.39, 0.29) is 11.5 Å². The van der Waals surface area contributed by atoms with Crippen LogP contribution in [0.15, 0.2) is 10.9 Å². The summed E-state index contributed by atoms with van der Waals surface area (Å²) in [5.41, 5.74) is 1.06. The summed E-state index contributed by atoms with van der Waals surface area (Å²) >= 11 is 0. The molecule has 0 N–H and O–H groups in total. The Labute approximate surface area is 173 Å². The molecule has 160 valence electrons. The van der Waals surface area contributed by atoms with E-state index in [2.05, 4.69) is 16.7 Å². The van der Waals surface area contributed by atoms with E-state index in [0.717, 1.165) is 96.0 Å². The SMILES string of the molecule is CCN1CCN(CC(=O)N2CCC(c3cc(=O)n4c(n3)CCCCC4)CC2)CC1. The highest BCUT2D eigenvalue weighted by atomic mass is 16.2. The summed E-state index contributed by atoms with van der Waals surface area (Å²) in [5.74, 6) is 1.52. The van der Waals surface area contributed by atoms with Gasteiger partial charge in [-0.15, -0.1) is 0 Å². The molecular weight excluding hydrogens is 366 g/mol. The Morgan fingerprint density at radius 2 is 1.72 bits per heavy atom. The van der Waals surface area contributed by atoms with Crippen molar-refractivity contribution in [1.82, 2.24) is 24.3 Å². The van der Waals surface area contributed by atoms with Crippen molar-refractivity contribution in [2.45, 2.75) is 57.9 Å². The number of aryl methyl sites for hydroxylation is 1. The second kappa shape index (κ2) is 9.39. The van der Waals surface area contributed by atoms with Crippen molar-refractivity contribution in [3.63, 3.8) is 0 Å². The van der Waals surface area contributed by atoms with Crippen LogP contribution in [0.3, 0.4) is 0 Å². The van der Waals surface area contributed by atoms with E-state index in [0.29, 0.717) is 12.5 Å². The zero-order valence-corrected chi connectivity index (χ0v) is 17.8. The maximum Gasteiger partial charge on any atom is 0.253 e. The fourth-order valence-electron chi connectivity index (χ4n) is 4.92. The molecule has 2 fully saturated rings. The summed E-state index contributed by atoms with van der Waals surface area (Å²) in [5, 5.41) is 0. The Bertz CT molecular complexity index is 761. The third kappa shape index (κ3) is 4.89. The highest BCUT2D eigenvalue weighted by Gasteiger charge is 2.27. The van der Waals surface area contributed by atoms with Gasteiger partial charge in [0, 0.05) is 64.2 Å². The molecule has 1 aromatic heterocycles. The van der Waals surface area contributed by atoms with E-state index in [9.17, 15) is 9.59 Å². The summed E-state index contributed by atoms with van der Waals surface area (Å²) in [6, 6.07) is 1.75. The number of rotatable bonds is 4. The number of likely N-dealkylation sites (tertiary alicyclic amines) is 1. The number of carbonyl (C=O) groups is 1. The lowest BCUT2D eigenvalue weighted by Crippen LogP contribution is -2.50. The van der Waals surface area contributed by atoms with E-state index in [1.165, 1.54) is 6.42 Å². The number of hydrogen-bond acceptors (Lipinski definition) is 5. The second-order valence-corrected chi connectivity index (χ2v) is 8.76. The summed E-state index contributed by atoms with van der Waals surface area (Å²) in [7, 11) is 0. The summed E-state index contributed by atoms with van der Waals surface area (Å²) in [6.07, 6.45) is 6.09.